The van der Waals surface area contributed by atoms with E-state index in [4.69, 9.17) is 0 Å². The molecule has 1 nitrogen and oxygen atoms in total. The highest BCUT2D eigenvalue weighted by Gasteiger charge is 1.96. The molecular formula is C8H8BrN. The molecule has 0 amide bonds. The van der Waals surface area contributed by atoms with E-state index in [-0.39, 0.29) is 0 Å². The average molecular weight is 198 g/mol. The predicted octanol–water partition coefficient (Wildman–Crippen LogP) is 2.88. The molecule has 0 atom stereocenters. The summed E-state index contributed by atoms with van der Waals surface area (Å²) in [5, 5.41) is 0. The van der Waals surface area contributed by atoms with Crippen LogP contribution in [0.15, 0.2) is 29.5 Å². The van der Waals surface area contributed by atoms with Gasteiger partial charge in [-0.25, -0.2) is 0 Å². The molecule has 0 unspecified atom stereocenters. The van der Waals surface area contributed by atoms with E-state index >= 15 is 0 Å². The van der Waals surface area contributed by atoms with Crippen LogP contribution in [0, 0.1) is 0 Å². The molecule has 52 valence electrons. The minimum Gasteiger partial charge on any atom is -0.264 e. The quantitative estimate of drug-likeness (QED) is 0.675. The van der Waals surface area contributed by atoms with Gasteiger partial charge in [0.05, 0.1) is 0 Å². The van der Waals surface area contributed by atoms with Crippen LogP contribution >= 0.6 is 15.9 Å². The molecule has 1 aromatic rings. The molecule has 0 spiro atoms. The molecule has 0 fully saturated rings. The van der Waals surface area contributed by atoms with Crippen LogP contribution in [0.2, 0.25) is 0 Å². The number of pyridine rings is 1. The Hall–Kier alpha value is -0.630. The highest BCUT2D eigenvalue weighted by atomic mass is 79.9. The number of allylic oxidation sites excluding steroid dienone is 1. The van der Waals surface area contributed by atoms with E-state index in [1.807, 2.05) is 13.0 Å². The first-order valence-electron chi connectivity index (χ1n) is 2.97. The van der Waals surface area contributed by atoms with Gasteiger partial charge in [-0.1, -0.05) is 6.58 Å². The van der Waals surface area contributed by atoms with Crippen molar-refractivity contribution in [1.29, 1.82) is 0 Å². The van der Waals surface area contributed by atoms with Gasteiger partial charge in [0.15, 0.2) is 0 Å². The molecule has 2 heteroatoms. The summed E-state index contributed by atoms with van der Waals surface area (Å²) < 4.78 is 1.00. The minimum atomic E-state index is 1.00. The highest BCUT2D eigenvalue weighted by molar-refractivity contribution is 9.10. The molecule has 0 aliphatic carbocycles. The van der Waals surface area contributed by atoms with Crippen molar-refractivity contribution in [3.63, 3.8) is 0 Å². The third-order valence-electron chi connectivity index (χ3n) is 1.23. The second-order valence-electron chi connectivity index (χ2n) is 2.14. The van der Waals surface area contributed by atoms with Gasteiger partial charge in [0.1, 0.15) is 0 Å². The van der Waals surface area contributed by atoms with Crippen molar-refractivity contribution >= 4 is 21.5 Å². The lowest BCUT2D eigenvalue weighted by Gasteiger charge is -1.99. The Kier molecular flexibility index (Phi) is 2.22. The van der Waals surface area contributed by atoms with Crippen LogP contribution in [0.5, 0.6) is 0 Å². The Labute approximate surface area is 68.9 Å². The highest BCUT2D eigenvalue weighted by Crippen LogP contribution is 2.20. The summed E-state index contributed by atoms with van der Waals surface area (Å²) in [4.78, 5) is 3.94. The summed E-state index contributed by atoms with van der Waals surface area (Å²) in [5.74, 6) is 0. The molecule has 10 heavy (non-hydrogen) atoms. The van der Waals surface area contributed by atoms with Crippen molar-refractivity contribution in [1.82, 2.24) is 4.98 Å². The molecular weight excluding hydrogens is 190 g/mol. The van der Waals surface area contributed by atoms with Crippen molar-refractivity contribution in [2.75, 3.05) is 0 Å². The summed E-state index contributed by atoms with van der Waals surface area (Å²) >= 11 is 3.37. The number of halogens is 1. The van der Waals surface area contributed by atoms with E-state index in [9.17, 15) is 0 Å². The molecule has 0 aliphatic rings. The summed E-state index contributed by atoms with van der Waals surface area (Å²) in [6.07, 6.45) is 3.53. The number of hydrogen-bond donors (Lipinski definition) is 0. The predicted molar refractivity (Wildman–Crippen MR) is 46.6 cm³/mol. The number of hydrogen-bond acceptors (Lipinski definition) is 1. The molecule has 0 aromatic carbocycles. The third-order valence-corrected chi connectivity index (χ3v) is 1.86. The van der Waals surface area contributed by atoms with Crippen molar-refractivity contribution in [2.24, 2.45) is 0 Å². The van der Waals surface area contributed by atoms with Gasteiger partial charge < -0.3 is 0 Å². The van der Waals surface area contributed by atoms with E-state index in [2.05, 4.69) is 27.5 Å². The zero-order chi connectivity index (χ0) is 7.56. The van der Waals surface area contributed by atoms with Crippen LogP contribution in [-0.2, 0) is 0 Å². The van der Waals surface area contributed by atoms with E-state index in [0.717, 1.165) is 15.6 Å². The van der Waals surface area contributed by atoms with Crippen LogP contribution in [0.3, 0.4) is 0 Å². The van der Waals surface area contributed by atoms with E-state index in [1.54, 1.807) is 12.4 Å². The van der Waals surface area contributed by atoms with Gasteiger partial charge in [0, 0.05) is 16.9 Å². The standard InChI is InChI=1S/C8H8BrN/c1-6(2)7-3-4-10-5-8(7)9/h3-5H,1H2,2H3. The Morgan fingerprint density at radius 2 is 2.40 bits per heavy atom. The zero-order valence-corrected chi connectivity index (χ0v) is 7.35. The van der Waals surface area contributed by atoms with Gasteiger partial charge in [-0.3, -0.25) is 4.98 Å². The zero-order valence-electron chi connectivity index (χ0n) is 5.76. The topological polar surface area (TPSA) is 12.9 Å². The fraction of sp³-hybridized carbons (Fsp3) is 0.125. The van der Waals surface area contributed by atoms with E-state index in [0.29, 0.717) is 0 Å². The molecule has 1 aromatic heterocycles. The van der Waals surface area contributed by atoms with Crippen LogP contribution in [0.4, 0.5) is 0 Å². The van der Waals surface area contributed by atoms with Gasteiger partial charge in [0.2, 0.25) is 0 Å². The van der Waals surface area contributed by atoms with Crippen molar-refractivity contribution in [2.45, 2.75) is 6.92 Å². The molecule has 1 heterocycles. The minimum absolute atomic E-state index is 1.00. The maximum Gasteiger partial charge on any atom is 0.0433 e. The lowest BCUT2D eigenvalue weighted by molar-refractivity contribution is 1.29. The second kappa shape index (κ2) is 2.97. The summed E-state index contributed by atoms with van der Waals surface area (Å²) in [6.45, 7) is 5.80. The lowest BCUT2D eigenvalue weighted by Crippen LogP contribution is -1.80. The Morgan fingerprint density at radius 1 is 1.70 bits per heavy atom. The smallest absolute Gasteiger partial charge is 0.0433 e. The monoisotopic (exact) mass is 197 g/mol. The van der Waals surface area contributed by atoms with Crippen molar-refractivity contribution < 1.29 is 0 Å². The number of rotatable bonds is 1. The molecule has 0 radical (unpaired) electrons. The van der Waals surface area contributed by atoms with Gasteiger partial charge in [-0.15, -0.1) is 0 Å². The summed E-state index contributed by atoms with van der Waals surface area (Å²) in [7, 11) is 0. The summed E-state index contributed by atoms with van der Waals surface area (Å²) in [6, 6.07) is 1.94. The molecule has 0 saturated carbocycles. The first-order chi connectivity index (χ1) is 4.72. The maximum absolute atomic E-state index is 3.94. The maximum atomic E-state index is 3.94. The van der Waals surface area contributed by atoms with Gasteiger partial charge >= 0.3 is 0 Å². The van der Waals surface area contributed by atoms with Gasteiger partial charge in [-0.05, 0) is 40.1 Å². The molecule has 0 aliphatic heterocycles. The van der Waals surface area contributed by atoms with Gasteiger partial charge in [-0.2, -0.15) is 0 Å². The molecule has 1 rings (SSSR count). The van der Waals surface area contributed by atoms with Crippen LogP contribution < -0.4 is 0 Å². The Morgan fingerprint density at radius 3 is 2.80 bits per heavy atom. The average Bonchev–Trinajstić information content (AvgIpc) is 1.88. The van der Waals surface area contributed by atoms with E-state index < -0.39 is 0 Å². The van der Waals surface area contributed by atoms with Crippen LogP contribution in [0.25, 0.3) is 5.57 Å². The molecule has 0 N–H and O–H groups in total. The first kappa shape index (κ1) is 7.48. The largest absolute Gasteiger partial charge is 0.264 e. The molecule has 0 bridgehead atoms. The number of aromatic nitrogens is 1. The second-order valence-corrected chi connectivity index (χ2v) is 2.99. The fourth-order valence-electron chi connectivity index (χ4n) is 0.721. The van der Waals surface area contributed by atoms with Crippen LogP contribution in [0.1, 0.15) is 12.5 Å². The number of nitrogens with zero attached hydrogens (tertiary/aromatic N) is 1. The summed E-state index contributed by atoms with van der Waals surface area (Å²) in [5.41, 5.74) is 2.17. The van der Waals surface area contributed by atoms with Gasteiger partial charge in [0.25, 0.3) is 0 Å². The van der Waals surface area contributed by atoms with E-state index in [1.165, 1.54) is 0 Å². The SMILES string of the molecule is C=C(C)c1ccncc1Br. The first-order valence-corrected chi connectivity index (χ1v) is 3.76. The van der Waals surface area contributed by atoms with Crippen LogP contribution in [-0.4, -0.2) is 4.98 Å². The normalized spacial score (nSPS) is 9.40. The van der Waals surface area contributed by atoms with Crippen molar-refractivity contribution in [3.8, 4) is 0 Å². The third kappa shape index (κ3) is 1.45. The Bertz CT molecular complexity index is 255. The lowest BCUT2D eigenvalue weighted by atomic mass is 10.1. The Balaban J connectivity index is 3.15. The fourth-order valence-corrected chi connectivity index (χ4v) is 1.31. The van der Waals surface area contributed by atoms with Crippen molar-refractivity contribution in [3.05, 3.63) is 35.1 Å². The molecule has 0 saturated heterocycles.